The highest BCUT2D eigenvalue weighted by atomic mass is 16.5. The minimum Gasteiger partial charge on any atom is -0.338 e. The van der Waals surface area contributed by atoms with E-state index in [1.54, 1.807) is 0 Å². The van der Waals surface area contributed by atoms with Gasteiger partial charge in [-0.25, -0.2) is 0 Å². The third-order valence-electron chi connectivity index (χ3n) is 2.77. The van der Waals surface area contributed by atoms with Crippen LogP contribution in [-0.4, -0.2) is 40.2 Å². The predicted octanol–water partition coefficient (Wildman–Crippen LogP) is 0.950. The Kier molecular flexibility index (Phi) is 3.56. The van der Waals surface area contributed by atoms with E-state index in [1.165, 1.54) is 6.42 Å². The van der Waals surface area contributed by atoms with Gasteiger partial charge in [0.15, 0.2) is 5.82 Å². The van der Waals surface area contributed by atoms with E-state index in [1.807, 2.05) is 6.92 Å². The van der Waals surface area contributed by atoms with Crippen LogP contribution in [-0.2, 0) is 6.54 Å². The first-order valence-electron chi connectivity index (χ1n) is 5.91. The number of nitrogens with zero attached hydrogens (tertiary/aromatic N) is 3. The van der Waals surface area contributed by atoms with Gasteiger partial charge in [-0.1, -0.05) is 19.0 Å². The van der Waals surface area contributed by atoms with Gasteiger partial charge in [-0.3, -0.25) is 4.90 Å². The molecule has 1 aliphatic heterocycles. The summed E-state index contributed by atoms with van der Waals surface area (Å²) in [6.07, 6.45) is 1.20. The van der Waals surface area contributed by atoms with Crippen molar-refractivity contribution >= 4 is 0 Å². The second kappa shape index (κ2) is 4.93. The number of aromatic nitrogens is 2. The lowest BCUT2D eigenvalue weighted by atomic mass is 10.2. The average molecular weight is 224 g/mol. The fraction of sp³-hybridized carbons (Fsp3) is 0.818. The van der Waals surface area contributed by atoms with Crippen molar-refractivity contribution in [3.63, 3.8) is 0 Å². The van der Waals surface area contributed by atoms with Gasteiger partial charge in [0.25, 0.3) is 0 Å². The predicted molar refractivity (Wildman–Crippen MR) is 61.0 cm³/mol. The van der Waals surface area contributed by atoms with Gasteiger partial charge in [-0.2, -0.15) is 4.98 Å². The molecule has 90 valence electrons. The highest BCUT2D eigenvalue weighted by Gasteiger charge is 2.23. The molecule has 2 heterocycles. The highest BCUT2D eigenvalue weighted by molar-refractivity contribution is 4.87. The van der Waals surface area contributed by atoms with Crippen molar-refractivity contribution in [3.05, 3.63) is 11.7 Å². The van der Waals surface area contributed by atoms with Crippen molar-refractivity contribution in [1.29, 1.82) is 0 Å². The second-order valence-electron chi connectivity index (χ2n) is 4.78. The van der Waals surface area contributed by atoms with E-state index in [4.69, 9.17) is 4.52 Å². The number of hydrogen-bond donors (Lipinski definition) is 1. The third kappa shape index (κ3) is 3.02. The Labute approximate surface area is 96.2 Å². The van der Waals surface area contributed by atoms with Crippen LogP contribution in [0.3, 0.4) is 0 Å². The number of likely N-dealkylation sites (tertiary alicyclic amines) is 1. The molecule has 1 aromatic heterocycles. The first-order chi connectivity index (χ1) is 7.63. The topological polar surface area (TPSA) is 54.2 Å². The Hall–Kier alpha value is -0.940. The monoisotopic (exact) mass is 224 g/mol. The summed E-state index contributed by atoms with van der Waals surface area (Å²) in [5, 5.41) is 7.35. The van der Waals surface area contributed by atoms with Gasteiger partial charge >= 0.3 is 0 Å². The summed E-state index contributed by atoms with van der Waals surface area (Å²) >= 11 is 0. The maximum absolute atomic E-state index is 5.12. The minimum atomic E-state index is 0.551. The number of hydrogen-bond acceptors (Lipinski definition) is 5. The fourth-order valence-corrected chi connectivity index (χ4v) is 2.18. The van der Waals surface area contributed by atoms with Crippen LogP contribution < -0.4 is 5.32 Å². The van der Waals surface area contributed by atoms with E-state index in [2.05, 4.69) is 34.2 Å². The molecule has 1 aliphatic rings. The van der Waals surface area contributed by atoms with E-state index < -0.39 is 0 Å². The molecule has 0 aromatic carbocycles. The Morgan fingerprint density at radius 1 is 1.56 bits per heavy atom. The standard InChI is InChI=1S/C11H20N4O/c1-8(2)12-10-4-5-15(6-10)7-11-13-9(3)14-16-11/h8,10,12H,4-7H2,1-3H3. The van der Waals surface area contributed by atoms with Crippen molar-refractivity contribution in [2.45, 2.75) is 45.8 Å². The summed E-state index contributed by atoms with van der Waals surface area (Å²) < 4.78 is 5.12. The lowest BCUT2D eigenvalue weighted by molar-refractivity contribution is 0.261. The Balaban J connectivity index is 1.80. The van der Waals surface area contributed by atoms with Crippen LogP contribution in [0.5, 0.6) is 0 Å². The van der Waals surface area contributed by atoms with Crippen LogP contribution in [0.25, 0.3) is 0 Å². The zero-order valence-electron chi connectivity index (χ0n) is 10.2. The number of aryl methyl sites for hydroxylation is 1. The van der Waals surface area contributed by atoms with Crippen LogP contribution in [0, 0.1) is 6.92 Å². The van der Waals surface area contributed by atoms with E-state index in [0.717, 1.165) is 25.5 Å². The number of nitrogens with one attached hydrogen (secondary N) is 1. The molecule has 2 rings (SSSR count). The molecule has 1 saturated heterocycles. The molecule has 1 N–H and O–H groups in total. The van der Waals surface area contributed by atoms with Crippen molar-refractivity contribution in [2.24, 2.45) is 0 Å². The van der Waals surface area contributed by atoms with Gasteiger partial charge in [-0.05, 0) is 13.3 Å². The van der Waals surface area contributed by atoms with Crippen molar-refractivity contribution in [3.8, 4) is 0 Å². The minimum absolute atomic E-state index is 0.551. The van der Waals surface area contributed by atoms with Gasteiger partial charge in [0.05, 0.1) is 6.54 Å². The normalized spacial score (nSPS) is 22.1. The third-order valence-corrected chi connectivity index (χ3v) is 2.77. The van der Waals surface area contributed by atoms with Gasteiger partial charge in [0, 0.05) is 25.2 Å². The number of rotatable bonds is 4. The molecule has 1 aromatic rings. The van der Waals surface area contributed by atoms with Crippen LogP contribution in [0.15, 0.2) is 4.52 Å². The molecule has 5 heteroatoms. The summed E-state index contributed by atoms with van der Waals surface area (Å²) in [5.41, 5.74) is 0. The molecule has 1 fully saturated rings. The molecule has 0 aliphatic carbocycles. The molecule has 1 atom stereocenters. The lowest BCUT2D eigenvalue weighted by Gasteiger charge is -2.16. The quantitative estimate of drug-likeness (QED) is 0.825. The zero-order chi connectivity index (χ0) is 11.5. The fourth-order valence-electron chi connectivity index (χ4n) is 2.18. The first-order valence-corrected chi connectivity index (χ1v) is 5.91. The van der Waals surface area contributed by atoms with Crippen LogP contribution >= 0.6 is 0 Å². The second-order valence-corrected chi connectivity index (χ2v) is 4.78. The molecule has 5 nitrogen and oxygen atoms in total. The van der Waals surface area contributed by atoms with Gasteiger partial charge in [0.1, 0.15) is 0 Å². The highest BCUT2D eigenvalue weighted by Crippen LogP contribution is 2.12. The summed E-state index contributed by atoms with van der Waals surface area (Å²) in [5.74, 6) is 1.44. The molecule has 0 amide bonds. The molecular formula is C11H20N4O. The molecule has 0 radical (unpaired) electrons. The Morgan fingerprint density at radius 3 is 3.00 bits per heavy atom. The van der Waals surface area contributed by atoms with E-state index in [0.29, 0.717) is 17.9 Å². The summed E-state index contributed by atoms with van der Waals surface area (Å²) in [7, 11) is 0. The SMILES string of the molecule is Cc1noc(CN2CCC(NC(C)C)C2)n1. The largest absolute Gasteiger partial charge is 0.338 e. The lowest BCUT2D eigenvalue weighted by Crippen LogP contribution is -2.36. The smallest absolute Gasteiger partial charge is 0.240 e. The van der Waals surface area contributed by atoms with Gasteiger partial charge in [-0.15, -0.1) is 0 Å². The summed E-state index contributed by atoms with van der Waals surface area (Å²) in [4.78, 5) is 6.57. The molecule has 0 saturated carbocycles. The summed E-state index contributed by atoms with van der Waals surface area (Å²) in [6.45, 7) is 9.16. The Bertz CT molecular complexity index is 336. The molecular weight excluding hydrogens is 204 g/mol. The molecule has 0 spiro atoms. The molecule has 16 heavy (non-hydrogen) atoms. The summed E-state index contributed by atoms with van der Waals surface area (Å²) in [6, 6.07) is 1.15. The van der Waals surface area contributed by atoms with E-state index in [-0.39, 0.29) is 0 Å². The zero-order valence-corrected chi connectivity index (χ0v) is 10.2. The Morgan fingerprint density at radius 2 is 2.38 bits per heavy atom. The van der Waals surface area contributed by atoms with Crippen molar-refractivity contribution < 1.29 is 4.52 Å². The maximum atomic E-state index is 5.12. The van der Waals surface area contributed by atoms with E-state index >= 15 is 0 Å². The average Bonchev–Trinajstić information content (AvgIpc) is 2.76. The van der Waals surface area contributed by atoms with Crippen LogP contribution in [0.4, 0.5) is 0 Å². The van der Waals surface area contributed by atoms with Crippen molar-refractivity contribution in [1.82, 2.24) is 20.4 Å². The van der Waals surface area contributed by atoms with Crippen LogP contribution in [0.1, 0.15) is 32.0 Å². The van der Waals surface area contributed by atoms with Crippen molar-refractivity contribution in [2.75, 3.05) is 13.1 Å². The van der Waals surface area contributed by atoms with Crippen LogP contribution in [0.2, 0.25) is 0 Å². The van der Waals surface area contributed by atoms with Gasteiger partial charge in [0.2, 0.25) is 5.89 Å². The van der Waals surface area contributed by atoms with E-state index in [9.17, 15) is 0 Å². The van der Waals surface area contributed by atoms with Gasteiger partial charge < -0.3 is 9.84 Å². The maximum Gasteiger partial charge on any atom is 0.240 e. The molecule has 0 bridgehead atoms. The first kappa shape index (κ1) is 11.5. The molecule has 1 unspecified atom stereocenters.